The Morgan fingerprint density at radius 3 is 2.82 bits per heavy atom. The monoisotopic (exact) mass is 170 g/mol. The van der Waals surface area contributed by atoms with Gasteiger partial charge in [0.2, 0.25) is 0 Å². The first-order chi connectivity index (χ1) is 5.24. The second-order valence-corrected chi connectivity index (χ2v) is 3.36. The Morgan fingerprint density at radius 1 is 1.64 bits per heavy atom. The van der Waals surface area contributed by atoms with E-state index in [2.05, 4.69) is 36.4 Å². The zero-order chi connectivity index (χ0) is 8.27. The van der Waals surface area contributed by atoms with E-state index in [1.165, 1.54) is 5.69 Å². The highest BCUT2D eigenvalue weighted by molar-refractivity contribution is 7.80. The van der Waals surface area contributed by atoms with E-state index in [9.17, 15) is 0 Å². The van der Waals surface area contributed by atoms with Crippen LogP contribution >= 0.6 is 12.6 Å². The van der Waals surface area contributed by atoms with Crippen molar-refractivity contribution in [1.29, 1.82) is 0 Å². The Bertz CT molecular complexity index is 218. The number of nitrogens with zero attached hydrogens (tertiary/aromatic N) is 1. The van der Waals surface area contributed by atoms with Crippen molar-refractivity contribution in [1.82, 2.24) is 9.97 Å². The van der Waals surface area contributed by atoms with Crippen LogP contribution in [-0.2, 0) is 6.42 Å². The molecule has 1 N–H and O–H groups in total. The SMILES string of the molecule is CC(C)c1cnc(CCS)[nH]1. The molecule has 1 rings (SSSR count). The lowest BCUT2D eigenvalue weighted by Gasteiger charge is -1.97. The topological polar surface area (TPSA) is 28.7 Å². The van der Waals surface area contributed by atoms with Crippen molar-refractivity contribution in [2.24, 2.45) is 0 Å². The Morgan fingerprint density at radius 2 is 2.36 bits per heavy atom. The molecule has 0 radical (unpaired) electrons. The van der Waals surface area contributed by atoms with Crippen LogP contribution in [0.5, 0.6) is 0 Å². The van der Waals surface area contributed by atoms with Gasteiger partial charge in [0.15, 0.2) is 0 Å². The minimum Gasteiger partial charge on any atom is -0.346 e. The van der Waals surface area contributed by atoms with Crippen LogP contribution in [0.2, 0.25) is 0 Å². The fourth-order valence-electron chi connectivity index (χ4n) is 0.905. The largest absolute Gasteiger partial charge is 0.346 e. The summed E-state index contributed by atoms with van der Waals surface area (Å²) in [6, 6.07) is 0. The Balaban J connectivity index is 2.66. The molecule has 11 heavy (non-hydrogen) atoms. The lowest BCUT2D eigenvalue weighted by atomic mass is 10.2. The summed E-state index contributed by atoms with van der Waals surface area (Å²) in [5, 5.41) is 0. The summed E-state index contributed by atoms with van der Waals surface area (Å²) in [5.41, 5.74) is 1.21. The second kappa shape index (κ2) is 3.81. The van der Waals surface area contributed by atoms with E-state index < -0.39 is 0 Å². The molecule has 0 saturated heterocycles. The Kier molecular flexibility index (Phi) is 3.00. The van der Waals surface area contributed by atoms with Gasteiger partial charge in [0, 0.05) is 18.3 Å². The summed E-state index contributed by atoms with van der Waals surface area (Å²) in [6.07, 6.45) is 2.83. The van der Waals surface area contributed by atoms with Gasteiger partial charge in [-0.1, -0.05) is 13.8 Å². The molecule has 0 bridgehead atoms. The van der Waals surface area contributed by atoms with Crippen LogP contribution in [-0.4, -0.2) is 15.7 Å². The Labute approximate surface area is 72.8 Å². The first kappa shape index (κ1) is 8.65. The van der Waals surface area contributed by atoms with E-state index in [1.807, 2.05) is 6.20 Å². The molecule has 0 aliphatic carbocycles. The molecule has 0 spiro atoms. The molecule has 0 atom stereocenters. The number of thiol groups is 1. The van der Waals surface area contributed by atoms with E-state index in [0.29, 0.717) is 5.92 Å². The number of H-pyrrole nitrogens is 1. The van der Waals surface area contributed by atoms with Crippen LogP contribution < -0.4 is 0 Å². The zero-order valence-electron chi connectivity index (χ0n) is 6.96. The molecule has 62 valence electrons. The average molecular weight is 170 g/mol. The average Bonchev–Trinajstić information content (AvgIpc) is 2.37. The highest BCUT2D eigenvalue weighted by atomic mass is 32.1. The third-order valence-corrected chi connectivity index (χ3v) is 1.84. The molecule has 2 nitrogen and oxygen atoms in total. The normalized spacial score (nSPS) is 10.9. The smallest absolute Gasteiger partial charge is 0.107 e. The van der Waals surface area contributed by atoms with E-state index >= 15 is 0 Å². The summed E-state index contributed by atoms with van der Waals surface area (Å²) in [6.45, 7) is 4.30. The van der Waals surface area contributed by atoms with Gasteiger partial charge in [0.25, 0.3) is 0 Å². The third-order valence-electron chi connectivity index (χ3n) is 1.62. The van der Waals surface area contributed by atoms with Gasteiger partial charge in [-0.3, -0.25) is 0 Å². The highest BCUT2D eigenvalue weighted by Crippen LogP contribution is 2.10. The van der Waals surface area contributed by atoms with Crippen LogP contribution in [0.3, 0.4) is 0 Å². The molecule has 3 heteroatoms. The maximum absolute atomic E-state index is 4.22. The fourth-order valence-corrected chi connectivity index (χ4v) is 1.12. The molecule has 0 amide bonds. The first-order valence-corrected chi connectivity index (χ1v) is 4.52. The molecule has 0 aliphatic rings. The van der Waals surface area contributed by atoms with Crippen LogP contribution in [0, 0.1) is 0 Å². The number of aryl methyl sites for hydroxylation is 1. The molecule has 0 fully saturated rings. The van der Waals surface area contributed by atoms with Crippen molar-refractivity contribution >= 4 is 12.6 Å². The van der Waals surface area contributed by atoms with Crippen molar-refractivity contribution < 1.29 is 0 Å². The summed E-state index contributed by atoms with van der Waals surface area (Å²) < 4.78 is 0. The molecule has 0 saturated carbocycles. The van der Waals surface area contributed by atoms with Crippen LogP contribution in [0.1, 0.15) is 31.3 Å². The quantitative estimate of drug-likeness (QED) is 0.667. The van der Waals surface area contributed by atoms with E-state index in [4.69, 9.17) is 0 Å². The molecular formula is C8H14N2S. The van der Waals surface area contributed by atoms with Gasteiger partial charge in [0.05, 0.1) is 0 Å². The van der Waals surface area contributed by atoms with Gasteiger partial charge < -0.3 is 4.98 Å². The predicted octanol–water partition coefficient (Wildman–Crippen LogP) is 2.01. The molecule has 0 aliphatic heterocycles. The van der Waals surface area contributed by atoms with Crippen LogP contribution in [0.4, 0.5) is 0 Å². The van der Waals surface area contributed by atoms with Gasteiger partial charge in [-0.15, -0.1) is 0 Å². The first-order valence-electron chi connectivity index (χ1n) is 3.88. The van der Waals surface area contributed by atoms with Crippen molar-refractivity contribution in [3.8, 4) is 0 Å². The Hall–Kier alpha value is -0.440. The number of hydrogen-bond donors (Lipinski definition) is 2. The number of aromatic nitrogens is 2. The van der Waals surface area contributed by atoms with Crippen molar-refractivity contribution in [3.63, 3.8) is 0 Å². The molecular weight excluding hydrogens is 156 g/mol. The fraction of sp³-hybridized carbons (Fsp3) is 0.625. The molecule has 1 heterocycles. The van der Waals surface area contributed by atoms with Gasteiger partial charge in [-0.05, 0) is 11.7 Å². The standard InChI is InChI=1S/C8H14N2S/c1-6(2)7-5-9-8(10-7)3-4-11/h5-6,11H,3-4H2,1-2H3,(H,9,10). The summed E-state index contributed by atoms with van der Waals surface area (Å²) in [5.74, 6) is 2.44. The van der Waals surface area contributed by atoms with Crippen molar-refractivity contribution in [2.75, 3.05) is 5.75 Å². The minimum atomic E-state index is 0.538. The second-order valence-electron chi connectivity index (χ2n) is 2.91. The summed E-state index contributed by atoms with van der Waals surface area (Å²) >= 11 is 4.13. The van der Waals surface area contributed by atoms with E-state index in [1.54, 1.807) is 0 Å². The number of nitrogens with one attached hydrogen (secondary N) is 1. The number of aromatic amines is 1. The van der Waals surface area contributed by atoms with E-state index in [-0.39, 0.29) is 0 Å². The van der Waals surface area contributed by atoms with Gasteiger partial charge in [0.1, 0.15) is 5.82 Å². The molecule has 1 aromatic rings. The zero-order valence-corrected chi connectivity index (χ0v) is 7.86. The van der Waals surface area contributed by atoms with Gasteiger partial charge in [-0.25, -0.2) is 4.98 Å². The van der Waals surface area contributed by atoms with E-state index in [0.717, 1.165) is 18.0 Å². The van der Waals surface area contributed by atoms with Gasteiger partial charge >= 0.3 is 0 Å². The number of imidazole rings is 1. The predicted molar refractivity (Wildman–Crippen MR) is 50.2 cm³/mol. The number of rotatable bonds is 3. The van der Waals surface area contributed by atoms with Crippen LogP contribution in [0.15, 0.2) is 6.20 Å². The summed E-state index contributed by atoms with van der Waals surface area (Å²) in [7, 11) is 0. The highest BCUT2D eigenvalue weighted by Gasteiger charge is 2.02. The minimum absolute atomic E-state index is 0.538. The lowest BCUT2D eigenvalue weighted by molar-refractivity contribution is 0.824. The lowest BCUT2D eigenvalue weighted by Crippen LogP contribution is -1.90. The molecule has 1 aromatic heterocycles. The third kappa shape index (κ3) is 2.26. The van der Waals surface area contributed by atoms with Crippen molar-refractivity contribution in [3.05, 3.63) is 17.7 Å². The van der Waals surface area contributed by atoms with Crippen molar-refractivity contribution in [2.45, 2.75) is 26.2 Å². The number of hydrogen-bond acceptors (Lipinski definition) is 2. The molecule has 0 aromatic carbocycles. The molecule has 0 unspecified atom stereocenters. The summed E-state index contributed by atoms with van der Waals surface area (Å²) in [4.78, 5) is 7.48. The maximum Gasteiger partial charge on any atom is 0.107 e. The maximum atomic E-state index is 4.22. The van der Waals surface area contributed by atoms with Crippen LogP contribution in [0.25, 0.3) is 0 Å². The van der Waals surface area contributed by atoms with Gasteiger partial charge in [-0.2, -0.15) is 12.6 Å².